The Morgan fingerprint density at radius 2 is 1.76 bits per heavy atom. The van der Waals surface area contributed by atoms with Crippen molar-refractivity contribution in [2.75, 3.05) is 4.98 Å². The molecule has 0 fully saturated rings. The fourth-order valence-electron chi connectivity index (χ4n) is 2.32. The zero-order valence-electron chi connectivity index (χ0n) is 11.2. The molecule has 0 amide bonds. The van der Waals surface area contributed by atoms with Gasteiger partial charge in [0.2, 0.25) is 0 Å². The van der Waals surface area contributed by atoms with Gasteiger partial charge >= 0.3 is 0 Å². The minimum atomic E-state index is -1.53. The van der Waals surface area contributed by atoms with Crippen LogP contribution < -0.4 is 4.98 Å². The van der Waals surface area contributed by atoms with Gasteiger partial charge in [0.1, 0.15) is 0 Å². The molecule has 17 heavy (non-hydrogen) atoms. The second-order valence-electron chi connectivity index (χ2n) is 5.34. The standard InChI is InChI=1S/C15H21NSi/c1-12-8-7-9-13(2)15(12)16-17(3,4)14-10-5-6-11-14/h5-10,16H,11H2,1-4H3. The summed E-state index contributed by atoms with van der Waals surface area (Å²) >= 11 is 0. The molecule has 0 saturated carbocycles. The first kappa shape index (κ1) is 12.2. The zero-order valence-corrected chi connectivity index (χ0v) is 12.2. The maximum absolute atomic E-state index is 3.83. The van der Waals surface area contributed by atoms with Gasteiger partial charge in [-0.1, -0.05) is 41.6 Å². The van der Waals surface area contributed by atoms with Gasteiger partial charge in [-0.3, -0.25) is 0 Å². The maximum atomic E-state index is 3.83. The predicted octanol–water partition coefficient (Wildman–Crippen LogP) is 4.35. The van der Waals surface area contributed by atoms with E-state index in [9.17, 15) is 0 Å². The van der Waals surface area contributed by atoms with E-state index in [4.69, 9.17) is 0 Å². The maximum Gasteiger partial charge on any atom is 0.175 e. The average molecular weight is 243 g/mol. The number of aryl methyl sites for hydroxylation is 2. The summed E-state index contributed by atoms with van der Waals surface area (Å²) in [4.78, 5) is 3.83. The van der Waals surface area contributed by atoms with Crippen LogP contribution in [0.3, 0.4) is 0 Å². The molecule has 0 heterocycles. The van der Waals surface area contributed by atoms with Gasteiger partial charge in [0, 0.05) is 5.69 Å². The van der Waals surface area contributed by atoms with E-state index in [1.54, 1.807) is 5.20 Å². The van der Waals surface area contributed by atoms with Gasteiger partial charge in [0.25, 0.3) is 0 Å². The van der Waals surface area contributed by atoms with Crippen molar-refractivity contribution in [2.45, 2.75) is 33.4 Å². The summed E-state index contributed by atoms with van der Waals surface area (Å²) < 4.78 is 0. The average Bonchev–Trinajstić information content (AvgIpc) is 2.77. The highest BCUT2D eigenvalue weighted by Crippen LogP contribution is 2.28. The van der Waals surface area contributed by atoms with Crippen LogP contribution in [0, 0.1) is 13.8 Å². The van der Waals surface area contributed by atoms with Gasteiger partial charge in [-0.2, -0.15) is 0 Å². The van der Waals surface area contributed by atoms with Crippen LogP contribution in [0.5, 0.6) is 0 Å². The lowest BCUT2D eigenvalue weighted by atomic mass is 10.1. The van der Waals surface area contributed by atoms with Crippen molar-refractivity contribution < 1.29 is 0 Å². The van der Waals surface area contributed by atoms with Gasteiger partial charge in [-0.25, -0.2) is 0 Å². The zero-order chi connectivity index (χ0) is 12.5. The molecule has 90 valence electrons. The van der Waals surface area contributed by atoms with E-state index in [-0.39, 0.29) is 0 Å². The number of hydrogen-bond donors (Lipinski definition) is 1. The number of hydrogen-bond acceptors (Lipinski definition) is 1. The van der Waals surface area contributed by atoms with Crippen molar-refractivity contribution in [3.05, 3.63) is 52.8 Å². The summed E-state index contributed by atoms with van der Waals surface area (Å²) in [5.41, 5.74) is 4.02. The summed E-state index contributed by atoms with van der Waals surface area (Å²) in [7, 11) is -1.53. The number of allylic oxidation sites excluding steroid dienone is 4. The lowest BCUT2D eigenvalue weighted by Gasteiger charge is -2.28. The second-order valence-corrected chi connectivity index (χ2v) is 9.48. The number of anilines is 1. The third-order valence-corrected chi connectivity index (χ3v) is 6.34. The lowest BCUT2D eigenvalue weighted by Crippen LogP contribution is -2.39. The summed E-state index contributed by atoms with van der Waals surface area (Å²) in [5.74, 6) is 0. The first-order chi connectivity index (χ1) is 8.00. The first-order valence-corrected chi connectivity index (χ1v) is 9.21. The summed E-state index contributed by atoms with van der Waals surface area (Å²) in [5, 5.41) is 1.58. The van der Waals surface area contributed by atoms with Gasteiger partial charge in [-0.15, -0.1) is 0 Å². The molecule has 2 heteroatoms. The molecule has 0 radical (unpaired) electrons. The monoisotopic (exact) mass is 243 g/mol. The highest BCUT2D eigenvalue weighted by molar-refractivity contribution is 6.87. The van der Waals surface area contributed by atoms with Crippen LogP contribution in [0.25, 0.3) is 0 Å². The SMILES string of the molecule is Cc1cccc(C)c1N[Si](C)(C)C1=CC=CC1. The fraction of sp³-hybridized carbons (Fsp3) is 0.333. The Hall–Kier alpha value is -1.28. The number of benzene rings is 1. The molecule has 0 saturated heterocycles. The Labute approximate surface area is 105 Å². The number of rotatable bonds is 3. The molecule has 0 spiro atoms. The van der Waals surface area contributed by atoms with Crippen molar-refractivity contribution >= 4 is 13.9 Å². The Morgan fingerprint density at radius 1 is 1.12 bits per heavy atom. The molecule has 2 rings (SSSR count). The van der Waals surface area contributed by atoms with Crippen LogP contribution in [0.1, 0.15) is 17.5 Å². The molecule has 1 N–H and O–H groups in total. The molecule has 0 aromatic heterocycles. The normalized spacial score (nSPS) is 14.9. The molecule has 1 aliphatic carbocycles. The Morgan fingerprint density at radius 3 is 2.29 bits per heavy atom. The molecule has 1 aromatic carbocycles. The van der Waals surface area contributed by atoms with Gasteiger partial charge in [0.05, 0.1) is 0 Å². The molecule has 0 bridgehead atoms. The van der Waals surface area contributed by atoms with E-state index < -0.39 is 8.24 Å². The summed E-state index contributed by atoms with van der Waals surface area (Å²) in [6, 6.07) is 6.49. The highest BCUT2D eigenvalue weighted by atomic mass is 28.3. The molecule has 0 aliphatic heterocycles. The molecule has 1 nitrogen and oxygen atoms in total. The number of para-hydroxylation sites is 1. The third-order valence-electron chi connectivity index (χ3n) is 3.49. The number of nitrogens with one attached hydrogen (secondary N) is 1. The van der Waals surface area contributed by atoms with E-state index >= 15 is 0 Å². The van der Waals surface area contributed by atoms with Crippen molar-refractivity contribution in [3.8, 4) is 0 Å². The Balaban J connectivity index is 2.26. The van der Waals surface area contributed by atoms with Crippen LogP contribution in [0.4, 0.5) is 5.69 Å². The van der Waals surface area contributed by atoms with E-state index in [0.717, 1.165) is 6.42 Å². The van der Waals surface area contributed by atoms with Crippen LogP contribution in [-0.4, -0.2) is 8.24 Å². The molecule has 1 aromatic rings. The summed E-state index contributed by atoms with van der Waals surface area (Å²) in [6.07, 6.45) is 7.83. The Kier molecular flexibility index (Phi) is 3.25. The van der Waals surface area contributed by atoms with Crippen LogP contribution >= 0.6 is 0 Å². The molecule has 1 aliphatic rings. The second kappa shape index (κ2) is 4.53. The first-order valence-electron chi connectivity index (χ1n) is 6.21. The van der Waals surface area contributed by atoms with Crippen molar-refractivity contribution in [2.24, 2.45) is 0 Å². The topological polar surface area (TPSA) is 12.0 Å². The van der Waals surface area contributed by atoms with Crippen LogP contribution in [-0.2, 0) is 0 Å². The van der Waals surface area contributed by atoms with Gasteiger partial charge in [0.15, 0.2) is 8.24 Å². The lowest BCUT2D eigenvalue weighted by molar-refractivity contribution is 1.32. The third kappa shape index (κ3) is 2.52. The van der Waals surface area contributed by atoms with E-state index in [1.807, 2.05) is 0 Å². The highest BCUT2D eigenvalue weighted by Gasteiger charge is 2.27. The largest absolute Gasteiger partial charge is 0.407 e. The smallest absolute Gasteiger partial charge is 0.175 e. The van der Waals surface area contributed by atoms with E-state index in [1.165, 1.54) is 16.8 Å². The van der Waals surface area contributed by atoms with Gasteiger partial charge < -0.3 is 4.98 Å². The van der Waals surface area contributed by atoms with Crippen molar-refractivity contribution in [1.82, 2.24) is 0 Å². The van der Waals surface area contributed by atoms with Crippen LogP contribution in [0.15, 0.2) is 41.6 Å². The van der Waals surface area contributed by atoms with E-state index in [2.05, 4.69) is 68.4 Å². The predicted molar refractivity (Wildman–Crippen MR) is 78.9 cm³/mol. The molecule has 0 unspecified atom stereocenters. The van der Waals surface area contributed by atoms with Crippen molar-refractivity contribution in [3.63, 3.8) is 0 Å². The minimum absolute atomic E-state index is 1.12. The van der Waals surface area contributed by atoms with Crippen LogP contribution in [0.2, 0.25) is 13.1 Å². The molecular formula is C15H21NSi. The quantitative estimate of drug-likeness (QED) is 0.778. The molecular weight excluding hydrogens is 222 g/mol. The fourth-order valence-corrected chi connectivity index (χ4v) is 4.64. The van der Waals surface area contributed by atoms with E-state index in [0.29, 0.717) is 0 Å². The van der Waals surface area contributed by atoms with Crippen molar-refractivity contribution in [1.29, 1.82) is 0 Å². The Bertz CT molecular complexity index is 463. The molecule has 0 atom stereocenters. The van der Waals surface area contributed by atoms with Gasteiger partial charge in [-0.05, 0) is 44.5 Å². The summed E-state index contributed by atoms with van der Waals surface area (Å²) in [6.45, 7) is 9.14. The minimum Gasteiger partial charge on any atom is -0.407 e.